The monoisotopic (exact) mass is 1250 g/mol. The number of aldehydes is 1. The average molecular weight is 1260 g/mol. The van der Waals surface area contributed by atoms with E-state index < -0.39 is 50.7 Å². The first-order chi connectivity index (χ1) is 43.1. The zero-order valence-corrected chi connectivity index (χ0v) is 52.5. The Morgan fingerprint density at radius 2 is 1.26 bits per heavy atom. The summed E-state index contributed by atoms with van der Waals surface area (Å²) in [6.45, 7) is 9.02. The summed E-state index contributed by atoms with van der Waals surface area (Å²) in [5.41, 5.74) is 4.69. The molecule has 484 valence electrons. The Balaban J connectivity index is 0.676. The summed E-state index contributed by atoms with van der Waals surface area (Å²) in [6, 6.07) is 31.4. The van der Waals surface area contributed by atoms with Crippen LogP contribution in [-0.2, 0) is 68.7 Å². The van der Waals surface area contributed by atoms with Gasteiger partial charge in [0, 0.05) is 61.4 Å². The maximum Gasteiger partial charge on any atom is 0.233 e. The van der Waals surface area contributed by atoms with Crippen molar-refractivity contribution in [3.63, 3.8) is 0 Å². The fourth-order valence-corrected chi connectivity index (χ4v) is 13.7. The smallest absolute Gasteiger partial charge is 0.233 e. The number of anilines is 3. The van der Waals surface area contributed by atoms with E-state index in [9.17, 15) is 41.5 Å². The third kappa shape index (κ3) is 20.5. The Labute approximate surface area is 522 Å². The first-order valence-electron chi connectivity index (χ1n) is 30.9. The molecule has 0 aliphatic carbocycles. The second kappa shape index (κ2) is 35.8. The number of amides is 3. The number of aliphatic hydroxyl groups excluding tert-OH is 1. The summed E-state index contributed by atoms with van der Waals surface area (Å²) in [4.78, 5) is 55.2. The zero-order chi connectivity index (χ0) is 63.6. The van der Waals surface area contributed by atoms with E-state index in [1.165, 1.54) is 24.3 Å². The van der Waals surface area contributed by atoms with E-state index in [0.717, 1.165) is 41.5 Å². The Kier molecular flexibility index (Phi) is 28.1. The van der Waals surface area contributed by atoms with Gasteiger partial charge in [0.15, 0.2) is 9.84 Å². The number of β-lactam (4-membered cyclic amide) rings is 1. The molecule has 0 aromatic heterocycles. The van der Waals surface area contributed by atoms with Gasteiger partial charge in [-0.1, -0.05) is 75.2 Å². The largest absolute Gasteiger partial charge is 0.392 e. The molecular weight excluding hydrogens is 1170 g/mol. The van der Waals surface area contributed by atoms with Crippen LogP contribution in [0.4, 0.5) is 25.8 Å². The minimum absolute atomic E-state index is 0.113. The van der Waals surface area contributed by atoms with E-state index in [4.69, 9.17) is 33.2 Å². The van der Waals surface area contributed by atoms with Crippen LogP contribution < -0.4 is 20.4 Å². The molecule has 2 aliphatic heterocycles. The van der Waals surface area contributed by atoms with E-state index >= 15 is 0 Å². The number of aliphatic hydroxyl groups is 1. The van der Waals surface area contributed by atoms with Crippen molar-refractivity contribution in [1.29, 1.82) is 0 Å². The topological polar surface area (TPSA) is 218 Å². The molecule has 0 spiro atoms. The minimum atomic E-state index is -3.73. The van der Waals surface area contributed by atoms with Crippen molar-refractivity contribution >= 4 is 50.9 Å². The molecule has 1 saturated heterocycles. The molecule has 21 heteroatoms. The van der Waals surface area contributed by atoms with Gasteiger partial charge in [-0.05, 0) is 120 Å². The van der Waals surface area contributed by atoms with Crippen molar-refractivity contribution < 1.29 is 74.6 Å². The number of benzene rings is 5. The van der Waals surface area contributed by atoms with Crippen LogP contribution >= 0.6 is 0 Å². The van der Waals surface area contributed by atoms with E-state index in [1.807, 2.05) is 74.4 Å². The maximum atomic E-state index is 14.0. The van der Waals surface area contributed by atoms with Crippen molar-refractivity contribution in [2.45, 2.75) is 101 Å². The molecule has 5 aromatic rings. The second-order valence-corrected chi connectivity index (χ2v) is 24.7. The molecular formula is C68H88F2N4O14S. The third-order valence-electron chi connectivity index (χ3n) is 16.4. The SMILES string of the molecule is CCCCC1(CC)CS(=O)(=O)c2ccc(N(C)C)cc2C(c2cccc(NC(=O)CCOCCOCCOCCOCCOCCOCCOCCC(=O)NCc3cccc(C4C(CCC(C=O)c5ccc(F)cc5)C(=O)N4c4ccc(F)cc4)c3)c2)C1O. The first kappa shape index (κ1) is 69.9. The van der Waals surface area contributed by atoms with Gasteiger partial charge in [0.2, 0.25) is 17.7 Å². The van der Waals surface area contributed by atoms with Crippen LogP contribution in [0.3, 0.4) is 0 Å². The number of hydrogen-bond acceptors (Lipinski definition) is 15. The summed E-state index contributed by atoms with van der Waals surface area (Å²) < 4.78 is 94.6. The van der Waals surface area contributed by atoms with Crippen molar-refractivity contribution in [3.05, 3.63) is 155 Å². The number of halogens is 2. The quantitative estimate of drug-likeness (QED) is 0.0189. The Morgan fingerprint density at radius 3 is 1.82 bits per heavy atom. The number of unbranched alkanes of at least 4 members (excludes halogenated alkanes) is 1. The fourth-order valence-electron chi connectivity index (χ4n) is 11.4. The molecule has 2 heterocycles. The Morgan fingerprint density at radius 1 is 0.708 bits per heavy atom. The standard InChI is InChI=1S/C68H88F2N4O14S/c1-5-7-28-68(6-2)48-89(80,81)61-25-23-58(73(3)4)45-60(61)64(66(68)78)51-11-9-13-56(44-51)72-63(77)27-30-83-32-34-85-36-38-87-40-42-88-41-39-86-37-35-84-33-31-82-29-26-62(76)71-46-49-10-8-12-52(43-49)65-59(67(79)74(65)57-21-19-55(70)20-22-57)24-16-53(47-75)50-14-17-54(69)18-15-50/h8-15,17-23,25,43-45,47,53,59,64-66,78H,5-7,16,24,26-42,46,48H2,1-4H3,(H,71,76)(H,72,77). The molecule has 6 unspecified atom stereocenters. The molecule has 5 aromatic carbocycles. The Bertz CT molecular complexity index is 3140. The van der Waals surface area contributed by atoms with Gasteiger partial charge in [-0.2, -0.15) is 0 Å². The molecule has 6 atom stereocenters. The summed E-state index contributed by atoms with van der Waals surface area (Å²) in [5.74, 6) is -3.13. The van der Waals surface area contributed by atoms with Crippen LogP contribution in [0, 0.1) is 23.0 Å². The number of ether oxygens (including phenoxy) is 7. The molecule has 3 amide bonds. The van der Waals surface area contributed by atoms with Gasteiger partial charge >= 0.3 is 0 Å². The molecule has 1 fully saturated rings. The van der Waals surface area contributed by atoms with Gasteiger partial charge in [0.1, 0.15) is 17.9 Å². The van der Waals surface area contributed by atoms with Crippen molar-refractivity contribution in [2.75, 3.05) is 127 Å². The van der Waals surface area contributed by atoms with Crippen LogP contribution in [0.5, 0.6) is 0 Å². The summed E-state index contributed by atoms with van der Waals surface area (Å²) in [6.07, 6.45) is 3.63. The average Bonchev–Trinajstić information content (AvgIpc) is 1.77. The molecule has 3 N–H and O–H groups in total. The molecule has 0 saturated carbocycles. The van der Waals surface area contributed by atoms with E-state index in [2.05, 4.69) is 17.6 Å². The maximum absolute atomic E-state index is 14.0. The molecule has 0 radical (unpaired) electrons. The van der Waals surface area contributed by atoms with Crippen LogP contribution in [0.25, 0.3) is 0 Å². The summed E-state index contributed by atoms with van der Waals surface area (Å²) >= 11 is 0. The number of carbonyl (C=O) groups excluding carboxylic acids is 4. The van der Waals surface area contributed by atoms with Gasteiger partial charge in [0.05, 0.1) is 128 Å². The van der Waals surface area contributed by atoms with Crippen LogP contribution in [-0.4, -0.2) is 156 Å². The molecule has 89 heavy (non-hydrogen) atoms. The van der Waals surface area contributed by atoms with E-state index in [0.29, 0.717) is 127 Å². The first-order valence-corrected chi connectivity index (χ1v) is 32.5. The highest BCUT2D eigenvalue weighted by molar-refractivity contribution is 7.91. The van der Waals surface area contributed by atoms with Gasteiger partial charge < -0.3 is 63.5 Å². The lowest BCUT2D eigenvalue weighted by Crippen LogP contribution is -2.55. The normalized spacial score (nSPS) is 19.0. The number of nitrogens with one attached hydrogen (secondary N) is 2. The van der Waals surface area contributed by atoms with Crippen LogP contribution in [0.15, 0.2) is 120 Å². The highest BCUT2D eigenvalue weighted by Crippen LogP contribution is 2.50. The zero-order valence-electron chi connectivity index (χ0n) is 51.7. The van der Waals surface area contributed by atoms with Crippen molar-refractivity contribution in [2.24, 2.45) is 11.3 Å². The van der Waals surface area contributed by atoms with Gasteiger partial charge in [-0.15, -0.1) is 0 Å². The van der Waals surface area contributed by atoms with Crippen LogP contribution in [0.1, 0.15) is 111 Å². The van der Waals surface area contributed by atoms with E-state index in [-0.39, 0.29) is 67.0 Å². The molecule has 18 nitrogen and oxygen atoms in total. The highest BCUT2D eigenvalue weighted by atomic mass is 32.2. The van der Waals surface area contributed by atoms with Gasteiger partial charge in [0.25, 0.3) is 0 Å². The molecule has 0 bridgehead atoms. The number of hydrogen-bond donors (Lipinski definition) is 3. The highest BCUT2D eigenvalue weighted by Gasteiger charge is 2.50. The predicted molar refractivity (Wildman–Crippen MR) is 336 cm³/mol. The molecule has 7 rings (SSSR count). The number of fused-ring (bicyclic) bond motifs is 1. The second-order valence-electron chi connectivity index (χ2n) is 22.7. The van der Waals surface area contributed by atoms with Gasteiger partial charge in [-0.3, -0.25) is 14.4 Å². The minimum Gasteiger partial charge on any atom is -0.392 e. The number of rotatable bonds is 40. The molecule has 2 aliphatic rings. The van der Waals surface area contributed by atoms with E-state index in [1.54, 1.807) is 47.4 Å². The van der Waals surface area contributed by atoms with Crippen molar-refractivity contribution in [3.8, 4) is 0 Å². The number of sulfone groups is 1. The van der Waals surface area contributed by atoms with Gasteiger partial charge in [-0.25, -0.2) is 17.2 Å². The predicted octanol–water partition coefficient (Wildman–Crippen LogP) is 9.52. The number of carbonyl (C=O) groups is 4. The fraction of sp³-hybridized carbons (Fsp3) is 0.500. The van der Waals surface area contributed by atoms with Crippen LogP contribution in [0.2, 0.25) is 0 Å². The lowest BCUT2D eigenvalue weighted by molar-refractivity contribution is -0.131. The third-order valence-corrected chi connectivity index (χ3v) is 18.4. The Hall–Kier alpha value is -6.53. The lowest BCUT2D eigenvalue weighted by atomic mass is 9.69. The lowest BCUT2D eigenvalue weighted by Gasteiger charge is -2.48. The van der Waals surface area contributed by atoms with Crippen molar-refractivity contribution in [1.82, 2.24) is 5.32 Å². The summed E-state index contributed by atoms with van der Waals surface area (Å²) in [5, 5.41) is 18.2. The summed E-state index contributed by atoms with van der Waals surface area (Å²) in [7, 11) is 0.0594. The number of nitrogens with zero attached hydrogens (tertiary/aromatic N) is 2.